The van der Waals surface area contributed by atoms with Crippen molar-refractivity contribution in [3.8, 4) is 0 Å². The molecule has 5 heteroatoms. The largest absolute Gasteiger partial charge is 0.465 e. The molecular formula is C13H14ClNO3. The van der Waals surface area contributed by atoms with Crippen LogP contribution >= 0.6 is 11.6 Å². The summed E-state index contributed by atoms with van der Waals surface area (Å²) in [7, 11) is 0. The van der Waals surface area contributed by atoms with Gasteiger partial charge in [0.1, 0.15) is 0 Å². The minimum Gasteiger partial charge on any atom is -0.465 e. The minimum absolute atomic E-state index is 0.269. The molecule has 0 radical (unpaired) electrons. The number of carbonyl (C=O) groups is 1. The molecule has 96 valence electrons. The van der Waals surface area contributed by atoms with Crippen LogP contribution in [0.4, 0.5) is 4.79 Å². The summed E-state index contributed by atoms with van der Waals surface area (Å²) >= 11 is 6.12. The summed E-state index contributed by atoms with van der Waals surface area (Å²) in [4.78, 5) is 12.6. The lowest BCUT2D eigenvalue weighted by atomic mass is 10.1. The molecule has 1 heterocycles. The second-order valence-corrected chi connectivity index (χ2v) is 4.62. The lowest BCUT2D eigenvalue weighted by molar-refractivity contribution is 0.0914. The Morgan fingerprint density at radius 3 is 2.89 bits per heavy atom. The zero-order valence-electron chi connectivity index (χ0n) is 9.80. The van der Waals surface area contributed by atoms with Crippen LogP contribution < -0.4 is 0 Å². The van der Waals surface area contributed by atoms with E-state index in [9.17, 15) is 9.90 Å². The molecule has 2 rings (SSSR count). The van der Waals surface area contributed by atoms with Crippen LogP contribution in [0.5, 0.6) is 0 Å². The zero-order valence-corrected chi connectivity index (χ0v) is 10.6. The van der Waals surface area contributed by atoms with Gasteiger partial charge in [-0.05, 0) is 17.2 Å². The van der Waals surface area contributed by atoms with Gasteiger partial charge in [-0.2, -0.15) is 0 Å². The highest BCUT2D eigenvalue weighted by Gasteiger charge is 2.29. The van der Waals surface area contributed by atoms with E-state index in [0.717, 1.165) is 11.1 Å². The molecular weight excluding hydrogens is 254 g/mol. The molecule has 0 bridgehead atoms. The summed E-state index contributed by atoms with van der Waals surface area (Å²) in [5, 5.41) is 9.84. The van der Waals surface area contributed by atoms with Gasteiger partial charge in [-0.1, -0.05) is 36.4 Å². The van der Waals surface area contributed by atoms with Crippen LogP contribution in [0, 0.1) is 0 Å². The molecule has 0 saturated carbocycles. The van der Waals surface area contributed by atoms with Crippen molar-refractivity contribution in [2.75, 3.05) is 19.8 Å². The van der Waals surface area contributed by atoms with Gasteiger partial charge in [0.15, 0.2) is 0 Å². The number of halogens is 1. The van der Waals surface area contributed by atoms with Crippen LogP contribution in [0.2, 0.25) is 5.02 Å². The smallest absolute Gasteiger partial charge is 0.408 e. The predicted molar refractivity (Wildman–Crippen MR) is 68.9 cm³/mol. The monoisotopic (exact) mass is 267 g/mol. The Balaban J connectivity index is 2.36. The highest BCUT2D eigenvalue weighted by molar-refractivity contribution is 6.31. The Bertz CT molecular complexity index is 475. The van der Waals surface area contributed by atoms with Crippen LogP contribution in [0.3, 0.4) is 0 Å². The van der Waals surface area contributed by atoms with E-state index in [1.54, 1.807) is 6.07 Å². The molecule has 1 fully saturated rings. The molecule has 1 aromatic rings. The molecule has 0 aromatic heterocycles. The van der Waals surface area contributed by atoms with E-state index in [1.807, 2.05) is 18.2 Å². The highest BCUT2D eigenvalue weighted by Crippen LogP contribution is 2.30. The summed E-state index contributed by atoms with van der Waals surface area (Å²) in [6.45, 7) is 4.73. The zero-order chi connectivity index (χ0) is 13.1. The normalized spacial score (nSPS) is 20.6. The van der Waals surface area contributed by atoms with Crippen molar-refractivity contribution in [1.29, 1.82) is 0 Å². The van der Waals surface area contributed by atoms with E-state index in [-0.39, 0.29) is 13.2 Å². The maximum absolute atomic E-state index is 11.3. The molecule has 1 aromatic carbocycles. The number of hydrogen-bond donors (Lipinski definition) is 1. The van der Waals surface area contributed by atoms with Gasteiger partial charge in [0.25, 0.3) is 0 Å². The number of benzene rings is 1. The summed E-state index contributed by atoms with van der Waals surface area (Å²) in [6.07, 6.45) is -0.994. The van der Waals surface area contributed by atoms with E-state index in [1.165, 1.54) is 4.90 Å². The molecule has 1 N–H and O–H groups in total. The number of rotatable bonds is 1. The quantitative estimate of drug-likeness (QED) is 0.796. The first kappa shape index (κ1) is 12.9. The second-order valence-electron chi connectivity index (χ2n) is 4.21. The van der Waals surface area contributed by atoms with Crippen molar-refractivity contribution >= 4 is 17.7 Å². The van der Waals surface area contributed by atoms with Gasteiger partial charge >= 0.3 is 6.09 Å². The van der Waals surface area contributed by atoms with E-state index >= 15 is 0 Å². The average molecular weight is 268 g/mol. The molecule has 18 heavy (non-hydrogen) atoms. The van der Waals surface area contributed by atoms with Crippen molar-refractivity contribution in [2.45, 2.75) is 6.04 Å². The Morgan fingerprint density at radius 2 is 2.22 bits per heavy atom. The summed E-state index contributed by atoms with van der Waals surface area (Å²) in [5.41, 5.74) is 1.50. The Labute approximate surface area is 110 Å². The molecule has 1 amide bonds. The molecule has 1 atom stereocenters. The van der Waals surface area contributed by atoms with E-state index in [2.05, 4.69) is 6.58 Å². The molecule has 4 nitrogen and oxygen atoms in total. The van der Waals surface area contributed by atoms with Crippen LogP contribution in [0.15, 0.2) is 36.4 Å². The number of carboxylic acid groups (broad SMARTS) is 1. The third-order valence-electron chi connectivity index (χ3n) is 2.86. The summed E-state index contributed by atoms with van der Waals surface area (Å²) < 4.78 is 5.45. The predicted octanol–water partition coefficient (Wildman–Crippen LogP) is 2.95. The second kappa shape index (κ2) is 5.42. The molecule has 1 unspecified atom stereocenters. The maximum Gasteiger partial charge on any atom is 0.408 e. The molecule has 0 aliphatic carbocycles. The minimum atomic E-state index is -0.994. The average Bonchev–Trinajstić information content (AvgIpc) is 2.52. The lowest BCUT2D eigenvalue weighted by Crippen LogP contribution is -2.35. The Morgan fingerprint density at radius 1 is 1.50 bits per heavy atom. The first-order valence-electron chi connectivity index (χ1n) is 5.58. The van der Waals surface area contributed by atoms with Crippen LogP contribution in [0.1, 0.15) is 11.6 Å². The van der Waals surface area contributed by atoms with Crippen molar-refractivity contribution in [2.24, 2.45) is 0 Å². The molecule has 1 saturated heterocycles. The van der Waals surface area contributed by atoms with Crippen LogP contribution in [-0.2, 0) is 4.74 Å². The number of amides is 1. The molecule has 1 aliphatic heterocycles. The van der Waals surface area contributed by atoms with Gasteiger partial charge in [0, 0.05) is 11.6 Å². The lowest BCUT2D eigenvalue weighted by Gasteiger charge is -2.27. The number of ether oxygens (including phenoxy) is 1. The van der Waals surface area contributed by atoms with Crippen molar-refractivity contribution in [3.05, 3.63) is 47.0 Å². The van der Waals surface area contributed by atoms with Gasteiger partial charge in [-0.15, -0.1) is 0 Å². The topological polar surface area (TPSA) is 49.8 Å². The first-order valence-corrected chi connectivity index (χ1v) is 5.95. The highest BCUT2D eigenvalue weighted by atomic mass is 35.5. The first-order chi connectivity index (χ1) is 8.59. The number of hydrogen-bond acceptors (Lipinski definition) is 2. The fourth-order valence-electron chi connectivity index (χ4n) is 2.01. The van der Waals surface area contributed by atoms with Gasteiger partial charge in [-0.25, -0.2) is 4.79 Å². The fourth-order valence-corrected chi connectivity index (χ4v) is 2.27. The third kappa shape index (κ3) is 2.66. The third-order valence-corrected chi connectivity index (χ3v) is 3.21. The van der Waals surface area contributed by atoms with Crippen molar-refractivity contribution < 1.29 is 14.6 Å². The van der Waals surface area contributed by atoms with Gasteiger partial charge in [0.2, 0.25) is 0 Å². The van der Waals surface area contributed by atoms with Gasteiger partial charge < -0.3 is 9.84 Å². The van der Waals surface area contributed by atoms with Crippen LogP contribution in [0.25, 0.3) is 0 Å². The van der Waals surface area contributed by atoms with Gasteiger partial charge in [0.05, 0.1) is 19.3 Å². The standard InChI is InChI=1S/C13H14ClNO3/c1-9-6-15(13(16)17)12(8-18-7-9)10-4-2-3-5-11(10)14/h2-5,12H,1,6-8H2,(H,16,17). The van der Waals surface area contributed by atoms with E-state index < -0.39 is 12.1 Å². The van der Waals surface area contributed by atoms with E-state index in [4.69, 9.17) is 16.3 Å². The number of nitrogens with zero attached hydrogens (tertiary/aromatic N) is 1. The Hall–Kier alpha value is -1.52. The maximum atomic E-state index is 11.3. The van der Waals surface area contributed by atoms with Crippen molar-refractivity contribution in [1.82, 2.24) is 4.90 Å². The Kier molecular flexibility index (Phi) is 3.89. The fraction of sp³-hybridized carbons (Fsp3) is 0.308. The summed E-state index contributed by atoms with van der Waals surface area (Å²) in [5.74, 6) is 0. The van der Waals surface area contributed by atoms with Crippen molar-refractivity contribution in [3.63, 3.8) is 0 Å². The van der Waals surface area contributed by atoms with E-state index in [0.29, 0.717) is 11.6 Å². The van der Waals surface area contributed by atoms with Gasteiger partial charge in [-0.3, -0.25) is 4.90 Å². The van der Waals surface area contributed by atoms with Crippen LogP contribution in [-0.4, -0.2) is 35.9 Å². The molecule has 0 spiro atoms. The summed E-state index contributed by atoms with van der Waals surface area (Å²) in [6, 6.07) is 6.82. The molecule has 1 aliphatic rings. The SMILES string of the molecule is C=C1COCC(c2ccccc2Cl)N(C(=O)O)C1.